The molecule has 0 aliphatic carbocycles. The number of halogens is 1. The molecule has 1 aromatic heterocycles. The summed E-state index contributed by atoms with van der Waals surface area (Å²) in [6, 6.07) is 5.65. The highest BCUT2D eigenvalue weighted by Gasteiger charge is 2.19. The van der Waals surface area contributed by atoms with E-state index in [1.165, 1.54) is 0 Å². The molecule has 2 rings (SSSR count). The van der Waals surface area contributed by atoms with Gasteiger partial charge in [0.1, 0.15) is 6.33 Å². The van der Waals surface area contributed by atoms with Gasteiger partial charge < -0.3 is 10.6 Å². The van der Waals surface area contributed by atoms with Crippen molar-refractivity contribution in [2.75, 3.05) is 5.32 Å². The van der Waals surface area contributed by atoms with E-state index in [9.17, 15) is 0 Å². The number of aryl methyl sites for hydroxylation is 1. The van der Waals surface area contributed by atoms with E-state index in [4.69, 9.17) is 23.8 Å². The Hall–Kier alpha value is -1.72. The molecule has 0 radical (unpaired) electrons. The average molecular weight is 349 g/mol. The molecule has 1 aromatic carbocycles. The predicted molar refractivity (Wildman–Crippen MR) is 100.0 cm³/mol. The van der Waals surface area contributed by atoms with Gasteiger partial charge in [0.25, 0.3) is 0 Å². The summed E-state index contributed by atoms with van der Waals surface area (Å²) in [7, 11) is 0. The lowest BCUT2D eigenvalue weighted by Gasteiger charge is -2.21. The molecule has 0 saturated heterocycles. The lowest BCUT2D eigenvalue weighted by Crippen LogP contribution is -2.30. The molecular formula is C17H21ClN4S. The summed E-state index contributed by atoms with van der Waals surface area (Å²) in [6.45, 7) is 8.96. The standard InChI is InChI=1S/C17H21ClN4S/c1-11-7-13(18)5-6-14(11)22-16(23)20-9-12-8-19-10-21-15(12)17(2,3)4/h5-8,10H,9H2,1-4H3,(H2,20,22,23). The lowest BCUT2D eigenvalue weighted by atomic mass is 9.89. The van der Waals surface area contributed by atoms with Gasteiger partial charge in [-0.3, -0.25) is 0 Å². The van der Waals surface area contributed by atoms with E-state index in [-0.39, 0.29) is 5.41 Å². The van der Waals surface area contributed by atoms with Crippen LogP contribution >= 0.6 is 23.8 Å². The van der Waals surface area contributed by atoms with Crippen LogP contribution in [0, 0.1) is 6.92 Å². The summed E-state index contributed by atoms with van der Waals surface area (Å²) in [5.74, 6) is 0. The number of nitrogens with one attached hydrogen (secondary N) is 2. The maximum atomic E-state index is 5.96. The molecule has 2 aromatic rings. The number of thiocarbonyl (C=S) groups is 1. The first kappa shape index (κ1) is 17.6. The van der Waals surface area contributed by atoms with E-state index in [0.29, 0.717) is 16.7 Å². The van der Waals surface area contributed by atoms with Crippen LogP contribution in [0.25, 0.3) is 0 Å². The molecule has 1 heterocycles. The second-order valence-corrected chi connectivity index (χ2v) is 7.26. The Kier molecular flexibility index (Phi) is 5.55. The smallest absolute Gasteiger partial charge is 0.171 e. The zero-order valence-electron chi connectivity index (χ0n) is 13.8. The molecule has 4 nitrogen and oxygen atoms in total. The van der Waals surface area contributed by atoms with Gasteiger partial charge in [0.15, 0.2) is 5.11 Å². The van der Waals surface area contributed by atoms with E-state index in [0.717, 1.165) is 22.5 Å². The Morgan fingerprint density at radius 3 is 2.70 bits per heavy atom. The van der Waals surface area contributed by atoms with Crippen molar-refractivity contribution >= 4 is 34.6 Å². The molecule has 122 valence electrons. The molecule has 0 atom stereocenters. The third kappa shape index (κ3) is 4.88. The number of benzene rings is 1. The van der Waals surface area contributed by atoms with E-state index in [1.807, 2.05) is 31.3 Å². The van der Waals surface area contributed by atoms with Gasteiger partial charge in [0.2, 0.25) is 0 Å². The van der Waals surface area contributed by atoms with Crippen LogP contribution < -0.4 is 10.6 Å². The third-order valence-corrected chi connectivity index (χ3v) is 3.86. The van der Waals surface area contributed by atoms with E-state index in [2.05, 4.69) is 41.4 Å². The predicted octanol–water partition coefficient (Wildman–Crippen LogP) is 4.22. The molecule has 0 aliphatic rings. The quantitative estimate of drug-likeness (QED) is 0.813. The monoisotopic (exact) mass is 348 g/mol. The van der Waals surface area contributed by atoms with Crippen molar-refractivity contribution in [2.24, 2.45) is 0 Å². The maximum absolute atomic E-state index is 5.96. The minimum atomic E-state index is -0.0399. The van der Waals surface area contributed by atoms with Gasteiger partial charge in [-0.2, -0.15) is 0 Å². The zero-order chi connectivity index (χ0) is 17.0. The van der Waals surface area contributed by atoms with Gasteiger partial charge in [-0.1, -0.05) is 32.4 Å². The van der Waals surface area contributed by atoms with Crippen molar-refractivity contribution < 1.29 is 0 Å². The van der Waals surface area contributed by atoms with Crippen LogP contribution in [0.1, 0.15) is 37.6 Å². The molecule has 0 unspecified atom stereocenters. The molecule has 0 fully saturated rings. The Balaban J connectivity index is 2.03. The molecule has 0 amide bonds. The number of rotatable bonds is 3. The number of hydrogen-bond acceptors (Lipinski definition) is 3. The highest BCUT2D eigenvalue weighted by atomic mass is 35.5. The fourth-order valence-corrected chi connectivity index (χ4v) is 2.68. The molecule has 2 N–H and O–H groups in total. The molecule has 0 spiro atoms. The first-order valence-electron chi connectivity index (χ1n) is 7.38. The minimum Gasteiger partial charge on any atom is -0.358 e. The molecule has 23 heavy (non-hydrogen) atoms. The molecule has 0 saturated carbocycles. The van der Waals surface area contributed by atoms with Crippen molar-refractivity contribution in [3.05, 3.63) is 52.6 Å². The van der Waals surface area contributed by atoms with Gasteiger partial charge >= 0.3 is 0 Å². The Labute approximate surface area is 147 Å². The van der Waals surface area contributed by atoms with Crippen LogP contribution in [-0.4, -0.2) is 15.1 Å². The van der Waals surface area contributed by atoms with Crippen LogP contribution in [0.3, 0.4) is 0 Å². The Bertz CT molecular complexity index is 710. The van der Waals surface area contributed by atoms with Crippen molar-refractivity contribution in [1.82, 2.24) is 15.3 Å². The number of nitrogens with zero attached hydrogens (tertiary/aromatic N) is 2. The lowest BCUT2D eigenvalue weighted by molar-refractivity contribution is 0.556. The summed E-state index contributed by atoms with van der Waals surface area (Å²) < 4.78 is 0. The second-order valence-electron chi connectivity index (χ2n) is 6.41. The summed E-state index contributed by atoms with van der Waals surface area (Å²) in [5, 5.41) is 7.66. The summed E-state index contributed by atoms with van der Waals surface area (Å²) in [4.78, 5) is 8.52. The summed E-state index contributed by atoms with van der Waals surface area (Å²) in [5.41, 5.74) is 4.00. The first-order chi connectivity index (χ1) is 10.8. The normalized spacial score (nSPS) is 11.2. The van der Waals surface area contributed by atoms with Crippen LogP contribution in [0.15, 0.2) is 30.7 Å². The van der Waals surface area contributed by atoms with Crippen molar-refractivity contribution in [1.29, 1.82) is 0 Å². The third-order valence-electron chi connectivity index (χ3n) is 3.37. The van der Waals surface area contributed by atoms with Crippen LogP contribution in [0.5, 0.6) is 0 Å². The molecule has 0 bridgehead atoms. The largest absolute Gasteiger partial charge is 0.358 e. The van der Waals surface area contributed by atoms with Crippen LogP contribution in [-0.2, 0) is 12.0 Å². The Morgan fingerprint density at radius 1 is 1.30 bits per heavy atom. The van der Waals surface area contributed by atoms with Crippen LogP contribution in [0.2, 0.25) is 5.02 Å². The topological polar surface area (TPSA) is 49.8 Å². The highest BCUT2D eigenvalue weighted by Crippen LogP contribution is 2.23. The highest BCUT2D eigenvalue weighted by molar-refractivity contribution is 7.80. The van der Waals surface area contributed by atoms with E-state index in [1.54, 1.807) is 6.33 Å². The summed E-state index contributed by atoms with van der Waals surface area (Å²) in [6.07, 6.45) is 3.41. The van der Waals surface area contributed by atoms with Crippen molar-refractivity contribution in [3.63, 3.8) is 0 Å². The van der Waals surface area contributed by atoms with Crippen molar-refractivity contribution in [3.8, 4) is 0 Å². The minimum absolute atomic E-state index is 0.0399. The van der Waals surface area contributed by atoms with Gasteiger partial charge in [-0.15, -0.1) is 0 Å². The van der Waals surface area contributed by atoms with E-state index >= 15 is 0 Å². The van der Waals surface area contributed by atoms with Gasteiger partial charge in [-0.05, 0) is 42.9 Å². The zero-order valence-corrected chi connectivity index (χ0v) is 15.3. The van der Waals surface area contributed by atoms with E-state index < -0.39 is 0 Å². The van der Waals surface area contributed by atoms with Crippen LogP contribution in [0.4, 0.5) is 5.69 Å². The Morgan fingerprint density at radius 2 is 2.04 bits per heavy atom. The second kappa shape index (κ2) is 7.23. The number of hydrogen-bond donors (Lipinski definition) is 2. The average Bonchev–Trinajstić information content (AvgIpc) is 2.47. The number of aromatic nitrogens is 2. The fourth-order valence-electron chi connectivity index (χ4n) is 2.27. The van der Waals surface area contributed by atoms with Gasteiger partial charge in [-0.25, -0.2) is 9.97 Å². The fraction of sp³-hybridized carbons (Fsp3) is 0.353. The molecular weight excluding hydrogens is 328 g/mol. The SMILES string of the molecule is Cc1cc(Cl)ccc1NC(=S)NCc1cncnc1C(C)(C)C. The first-order valence-corrected chi connectivity index (χ1v) is 8.16. The number of anilines is 1. The van der Waals surface area contributed by atoms with Gasteiger partial charge in [0.05, 0.1) is 5.69 Å². The molecule has 0 aliphatic heterocycles. The van der Waals surface area contributed by atoms with Gasteiger partial charge in [0, 0.05) is 34.4 Å². The maximum Gasteiger partial charge on any atom is 0.171 e. The van der Waals surface area contributed by atoms with Crippen molar-refractivity contribution in [2.45, 2.75) is 39.7 Å². The molecule has 6 heteroatoms. The summed E-state index contributed by atoms with van der Waals surface area (Å²) >= 11 is 11.3.